The topological polar surface area (TPSA) is 43.8 Å². The standard InChI is InChI=1S/C12H14FN3/c1-7-6-9(4-5-10(7)13)11-8(2)12(14)16(3)15-11/h4-6H,14H2,1-3H3. The molecule has 0 bridgehead atoms. The SMILES string of the molecule is Cc1cc(-c2nn(C)c(N)c2C)ccc1F. The molecule has 0 radical (unpaired) electrons. The van der Waals surface area contributed by atoms with E-state index in [0.29, 0.717) is 11.4 Å². The van der Waals surface area contributed by atoms with E-state index in [1.165, 1.54) is 6.07 Å². The number of aromatic nitrogens is 2. The van der Waals surface area contributed by atoms with Gasteiger partial charge in [-0.15, -0.1) is 0 Å². The van der Waals surface area contributed by atoms with Crippen molar-refractivity contribution < 1.29 is 4.39 Å². The van der Waals surface area contributed by atoms with E-state index in [4.69, 9.17) is 5.73 Å². The van der Waals surface area contributed by atoms with Gasteiger partial charge in [-0.3, -0.25) is 4.68 Å². The van der Waals surface area contributed by atoms with E-state index in [1.807, 2.05) is 6.92 Å². The molecule has 0 saturated carbocycles. The first kappa shape index (κ1) is 10.7. The normalized spacial score (nSPS) is 10.8. The van der Waals surface area contributed by atoms with Gasteiger partial charge in [0, 0.05) is 18.2 Å². The Balaban J connectivity index is 2.59. The Morgan fingerprint density at radius 1 is 1.31 bits per heavy atom. The van der Waals surface area contributed by atoms with Crippen molar-refractivity contribution in [3.63, 3.8) is 0 Å². The molecular formula is C12H14FN3. The zero-order valence-electron chi connectivity index (χ0n) is 9.58. The van der Waals surface area contributed by atoms with Crippen molar-refractivity contribution in [3.05, 3.63) is 35.1 Å². The molecule has 1 heterocycles. The fraction of sp³-hybridized carbons (Fsp3) is 0.250. The maximum Gasteiger partial charge on any atom is 0.126 e. The molecule has 1 aromatic heterocycles. The number of anilines is 1. The number of benzene rings is 1. The minimum absolute atomic E-state index is 0.203. The molecule has 1 aromatic carbocycles. The highest BCUT2D eigenvalue weighted by molar-refractivity contribution is 5.68. The monoisotopic (exact) mass is 219 g/mol. The summed E-state index contributed by atoms with van der Waals surface area (Å²) in [5.41, 5.74) is 9.07. The number of nitrogens with zero attached hydrogens (tertiary/aromatic N) is 2. The third kappa shape index (κ3) is 1.56. The van der Waals surface area contributed by atoms with E-state index in [0.717, 1.165) is 16.8 Å². The quantitative estimate of drug-likeness (QED) is 0.800. The minimum Gasteiger partial charge on any atom is -0.384 e. The van der Waals surface area contributed by atoms with E-state index >= 15 is 0 Å². The molecule has 0 aliphatic heterocycles. The van der Waals surface area contributed by atoms with Gasteiger partial charge in [0.05, 0.1) is 5.69 Å². The summed E-state index contributed by atoms with van der Waals surface area (Å²) in [4.78, 5) is 0. The van der Waals surface area contributed by atoms with Crippen LogP contribution in [0.5, 0.6) is 0 Å². The van der Waals surface area contributed by atoms with E-state index in [2.05, 4.69) is 5.10 Å². The smallest absolute Gasteiger partial charge is 0.126 e. The highest BCUT2D eigenvalue weighted by Crippen LogP contribution is 2.26. The molecule has 0 unspecified atom stereocenters. The fourth-order valence-corrected chi connectivity index (χ4v) is 1.71. The Labute approximate surface area is 93.7 Å². The van der Waals surface area contributed by atoms with Crippen LogP contribution < -0.4 is 5.73 Å². The third-order valence-electron chi connectivity index (χ3n) is 2.77. The first-order valence-electron chi connectivity index (χ1n) is 5.06. The van der Waals surface area contributed by atoms with Gasteiger partial charge in [-0.25, -0.2) is 4.39 Å². The van der Waals surface area contributed by atoms with E-state index in [-0.39, 0.29) is 5.82 Å². The molecule has 0 spiro atoms. The van der Waals surface area contributed by atoms with Crippen LogP contribution in [-0.2, 0) is 7.05 Å². The zero-order chi connectivity index (χ0) is 11.9. The molecule has 0 aliphatic rings. The number of hydrogen-bond acceptors (Lipinski definition) is 2. The molecule has 2 N–H and O–H groups in total. The van der Waals surface area contributed by atoms with E-state index in [1.54, 1.807) is 30.8 Å². The van der Waals surface area contributed by atoms with Crippen molar-refractivity contribution in [1.82, 2.24) is 9.78 Å². The first-order chi connectivity index (χ1) is 7.50. The fourth-order valence-electron chi connectivity index (χ4n) is 1.71. The van der Waals surface area contributed by atoms with Crippen molar-refractivity contribution in [1.29, 1.82) is 0 Å². The Bertz CT molecular complexity index is 543. The van der Waals surface area contributed by atoms with Crippen LogP contribution in [-0.4, -0.2) is 9.78 Å². The van der Waals surface area contributed by atoms with Gasteiger partial charge in [-0.2, -0.15) is 5.10 Å². The zero-order valence-corrected chi connectivity index (χ0v) is 9.58. The molecule has 0 amide bonds. The molecule has 0 fully saturated rings. The van der Waals surface area contributed by atoms with Crippen LogP contribution in [0, 0.1) is 19.7 Å². The molecule has 2 aromatic rings. The highest BCUT2D eigenvalue weighted by Gasteiger charge is 2.12. The van der Waals surface area contributed by atoms with E-state index in [9.17, 15) is 4.39 Å². The lowest BCUT2D eigenvalue weighted by molar-refractivity contribution is 0.618. The molecule has 0 saturated heterocycles. The van der Waals surface area contributed by atoms with Gasteiger partial charge in [-0.1, -0.05) is 0 Å². The number of nitrogen functional groups attached to an aromatic ring is 1. The van der Waals surface area contributed by atoms with Crippen LogP contribution >= 0.6 is 0 Å². The maximum absolute atomic E-state index is 13.1. The Morgan fingerprint density at radius 3 is 2.50 bits per heavy atom. The van der Waals surface area contributed by atoms with Crippen molar-refractivity contribution in [2.75, 3.05) is 5.73 Å². The molecule has 84 valence electrons. The summed E-state index contributed by atoms with van der Waals surface area (Å²) in [5, 5.41) is 4.32. The number of rotatable bonds is 1. The lowest BCUT2D eigenvalue weighted by Crippen LogP contribution is -1.97. The Hall–Kier alpha value is -1.84. The van der Waals surface area contributed by atoms with Crippen LogP contribution in [0.3, 0.4) is 0 Å². The summed E-state index contributed by atoms with van der Waals surface area (Å²) in [6, 6.07) is 4.95. The van der Waals surface area contributed by atoms with Crippen LogP contribution in [0.15, 0.2) is 18.2 Å². The summed E-state index contributed by atoms with van der Waals surface area (Å²) >= 11 is 0. The van der Waals surface area contributed by atoms with Crippen LogP contribution in [0.2, 0.25) is 0 Å². The summed E-state index contributed by atoms with van der Waals surface area (Å²) in [5.74, 6) is 0.433. The van der Waals surface area contributed by atoms with Gasteiger partial charge < -0.3 is 5.73 Å². The molecule has 0 atom stereocenters. The second-order valence-corrected chi connectivity index (χ2v) is 3.95. The number of aryl methyl sites for hydroxylation is 2. The average molecular weight is 219 g/mol. The minimum atomic E-state index is -0.203. The predicted molar refractivity (Wildman–Crippen MR) is 62.5 cm³/mol. The van der Waals surface area contributed by atoms with Crippen molar-refractivity contribution >= 4 is 5.82 Å². The van der Waals surface area contributed by atoms with E-state index < -0.39 is 0 Å². The lowest BCUT2D eigenvalue weighted by atomic mass is 10.1. The number of halogens is 1. The second-order valence-electron chi connectivity index (χ2n) is 3.95. The van der Waals surface area contributed by atoms with Crippen molar-refractivity contribution in [2.24, 2.45) is 7.05 Å². The van der Waals surface area contributed by atoms with Crippen LogP contribution in [0.1, 0.15) is 11.1 Å². The predicted octanol–water partition coefficient (Wildman–Crippen LogP) is 2.43. The molecule has 3 nitrogen and oxygen atoms in total. The maximum atomic E-state index is 13.1. The van der Waals surface area contributed by atoms with Gasteiger partial charge >= 0.3 is 0 Å². The number of nitrogens with two attached hydrogens (primary N) is 1. The van der Waals surface area contributed by atoms with Crippen molar-refractivity contribution in [3.8, 4) is 11.3 Å². The molecular weight excluding hydrogens is 205 g/mol. The van der Waals surface area contributed by atoms with Gasteiger partial charge in [0.1, 0.15) is 11.6 Å². The molecule has 16 heavy (non-hydrogen) atoms. The van der Waals surface area contributed by atoms with Crippen LogP contribution in [0.25, 0.3) is 11.3 Å². The van der Waals surface area contributed by atoms with Gasteiger partial charge in [0.15, 0.2) is 0 Å². The van der Waals surface area contributed by atoms with Crippen LogP contribution in [0.4, 0.5) is 10.2 Å². The molecule has 2 rings (SSSR count). The summed E-state index contributed by atoms with van der Waals surface area (Å²) in [7, 11) is 1.79. The highest BCUT2D eigenvalue weighted by atomic mass is 19.1. The van der Waals surface area contributed by atoms with Gasteiger partial charge in [0.2, 0.25) is 0 Å². The summed E-state index contributed by atoms with van der Waals surface area (Å²) in [6.45, 7) is 3.65. The molecule has 0 aliphatic carbocycles. The van der Waals surface area contributed by atoms with Crippen molar-refractivity contribution in [2.45, 2.75) is 13.8 Å². The Morgan fingerprint density at radius 2 is 2.00 bits per heavy atom. The first-order valence-corrected chi connectivity index (χ1v) is 5.06. The second kappa shape index (κ2) is 3.63. The average Bonchev–Trinajstić information content (AvgIpc) is 2.50. The summed E-state index contributed by atoms with van der Waals surface area (Å²) < 4.78 is 14.8. The summed E-state index contributed by atoms with van der Waals surface area (Å²) in [6.07, 6.45) is 0. The lowest BCUT2D eigenvalue weighted by Gasteiger charge is -2.01. The van der Waals surface area contributed by atoms with Gasteiger partial charge in [0.25, 0.3) is 0 Å². The Kier molecular flexibility index (Phi) is 2.42. The van der Waals surface area contributed by atoms with Gasteiger partial charge in [-0.05, 0) is 37.6 Å². The number of hydrogen-bond donors (Lipinski definition) is 1. The largest absolute Gasteiger partial charge is 0.384 e. The molecule has 4 heteroatoms. The third-order valence-corrected chi connectivity index (χ3v) is 2.77.